The molecule has 0 aliphatic carbocycles. The lowest BCUT2D eigenvalue weighted by atomic mass is 9.98. The van der Waals surface area contributed by atoms with Gasteiger partial charge in [0, 0.05) is 78.4 Å². The number of aliphatic hydroxyl groups is 2. The lowest BCUT2D eigenvalue weighted by Crippen LogP contribution is -2.39. The summed E-state index contributed by atoms with van der Waals surface area (Å²) in [5, 5.41) is 32.1. The molecule has 4 saturated heterocycles. The van der Waals surface area contributed by atoms with Crippen LogP contribution in [0.2, 0.25) is 15.2 Å². The van der Waals surface area contributed by atoms with E-state index in [-0.39, 0.29) is 58.6 Å². The van der Waals surface area contributed by atoms with Crippen LogP contribution in [0.25, 0.3) is 11.3 Å². The van der Waals surface area contributed by atoms with E-state index < -0.39 is 20.0 Å². The third-order valence-electron chi connectivity index (χ3n) is 12.9. The molecule has 8 heterocycles. The van der Waals surface area contributed by atoms with Crippen molar-refractivity contribution in [2.24, 2.45) is 0 Å². The number of aryl methyl sites for hydroxylation is 2. The highest BCUT2D eigenvalue weighted by atomic mass is 35.5. The quantitative estimate of drug-likeness (QED) is 0.0981. The van der Waals surface area contributed by atoms with Gasteiger partial charge in [0.05, 0.1) is 70.7 Å². The normalized spacial score (nSPS) is 20.4. The number of aliphatic hydroxyl groups excluding tert-OH is 2. The van der Waals surface area contributed by atoms with Crippen molar-refractivity contribution in [3.63, 3.8) is 0 Å². The van der Waals surface area contributed by atoms with Crippen LogP contribution in [-0.4, -0.2) is 142 Å². The molecule has 6 aromatic rings. The number of nitrogens with one attached hydrogen (secondary N) is 3. The molecule has 0 spiro atoms. The Morgan fingerprint density at radius 2 is 1.16 bits per heavy atom. The summed E-state index contributed by atoms with van der Waals surface area (Å²) in [6.07, 6.45) is 12.1. The van der Waals surface area contributed by atoms with Gasteiger partial charge in [0.15, 0.2) is 11.3 Å². The largest absolute Gasteiger partial charge is 0.392 e. The number of fused-ring (bicyclic) bond motifs is 2. The lowest BCUT2D eigenvalue weighted by molar-refractivity contribution is 0.0600. The lowest BCUT2D eigenvalue weighted by Gasteiger charge is -2.35. The summed E-state index contributed by atoms with van der Waals surface area (Å²) in [5.74, 6) is 0.219. The first-order valence-electron chi connectivity index (χ1n) is 24.0. The number of nitrogens with zero attached hydrogens (tertiary/aromatic N) is 9. The van der Waals surface area contributed by atoms with Crippen LogP contribution in [0.4, 0.5) is 17.2 Å². The number of likely N-dealkylation sites (tertiary alicyclic amines) is 2. The van der Waals surface area contributed by atoms with Gasteiger partial charge in [-0.05, 0) is 108 Å². The minimum atomic E-state index is -3.59. The van der Waals surface area contributed by atoms with E-state index >= 15 is 0 Å². The predicted octanol–water partition coefficient (Wildman–Crippen LogP) is 6.43. The Hall–Kier alpha value is -5.33. The van der Waals surface area contributed by atoms with Crippen molar-refractivity contribution >= 4 is 95.2 Å². The number of amides is 2. The molecule has 4 aliphatic rings. The standard InChI is InChI=1S/C24H29ClN6O4S.C20H21Cl2N5O3S.C4H9NO/c1-15-13-31-22(26-23(15)29-10-8-17(32)14-29)12-20(27-31)21-5-3-4-9-30(21)24(33)18-11-16(25)6-7-19(18)28-36(2,34)35;1-12-11-27-18(23-19(12)22)10-16(24-27)17-5-3-4-8-26(17)20(28)14-9-13(21)6-7-15(14)25-31(2,29)30;6-4-1-2-5-3-4/h6-7,11-13,17,21,28,32H,3-5,8-10,14H2,1-2H3;6-7,9-11,17,25H,3-5,8H2,1-2H3;4-6H,1-3H2/t17-,21-;17-;4-/m000/s1. The number of sulfonamides is 2. The summed E-state index contributed by atoms with van der Waals surface area (Å²) >= 11 is 18.4. The topological polar surface area (TPSA) is 249 Å². The number of rotatable bonds is 9. The predicted molar refractivity (Wildman–Crippen MR) is 282 cm³/mol. The van der Waals surface area contributed by atoms with Crippen molar-refractivity contribution in [2.45, 2.75) is 89.5 Å². The third-order valence-corrected chi connectivity index (χ3v) is 15.0. The minimum absolute atomic E-state index is 0.0648. The van der Waals surface area contributed by atoms with E-state index in [1.807, 2.05) is 32.2 Å². The van der Waals surface area contributed by atoms with Crippen molar-refractivity contribution in [1.29, 1.82) is 0 Å². The number of carbonyl (C=O) groups is 2. The van der Waals surface area contributed by atoms with Gasteiger partial charge in [-0.1, -0.05) is 34.8 Å². The molecule has 4 aromatic heterocycles. The Balaban J connectivity index is 0.000000176. The molecule has 5 N–H and O–H groups in total. The van der Waals surface area contributed by atoms with E-state index in [0.29, 0.717) is 51.8 Å². The van der Waals surface area contributed by atoms with E-state index in [2.05, 4.69) is 29.7 Å². The Morgan fingerprint density at radius 1 is 0.658 bits per heavy atom. The van der Waals surface area contributed by atoms with Gasteiger partial charge in [-0.15, -0.1) is 0 Å². The summed E-state index contributed by atoms with van der Waals surface area (Å²) in [7, 11) is -7.15. The molecule has 0 unspecified atom stereocenters. The summed E-state index contributed by atoms with van der Waals surface area (Å²) < 4.78 is 55.5. The molecule has 2 amide bonds. The maximum Gasteiger partial charge on any atom is 0.256 e. The SMILES string of the molecule is Cc1cn2nc([C@@H]3CCCCN3C(=O)c3cc(Cl)ccc3NS(C)(=O)=O)cc2nc1Cl.Cc1cn2nc([C@@H]3CCCCN3C(=O)c3cc(Cl)ccc3NS(C)(=O)=O)cc2nc1N1CC[C@H](O)C1.O[C@H]1CCNC1. The van der Waals surface area contributed by atoms with E-state index in [9.17, 15) is 31.5 Å². The summed E-state index contributed by atoms with van der Waals surface area (Å²) in [5.41, 5.74) is 5.27. The molecular weight excluding hydrogens is 1040 g/mol. The Morgan fingerprint density at radius 3 is 1.60 bits per heavy atom. The molecule has 4 atom stereocenters. The average Bonchev–Trinajstić information content (AvgIpc) is 4.17. The fraction of sp³-hybridized carbons (Fsp3) is 0.458. The van der Waals surface area contributed by atoms with Crippen molar-refractivity contribution in [3.05, 3.63) is 110 Å². The number of carbonyl (C=O) groups excluding carboxylic acids is 2. The molecule has 0 bridgehead atoms. The summed E-state index contributed by atoms with van der Waals surface area (Å²) in [6, 6.07) is 12.2. The molecule has 73 heavy (non-hydrogen) atoms. The smallest absolute Gasteiger partial charge is 0.256 e. The maximum atomic E-state index is 13.7. The van der Waals surface area contributed by atoms with Crippen LogP contribution in [0.15, 0.2) is 60.9 Å². The van der Waals surface area contributed by atoms with Crippen LogP contribution in [0.5, 0.6) is 0 Å². The van der Waals surface area contributed by atoms with E-state index in [4.69, 9.17) is 50.0 Å². The number of benzene rings is 2. The van der Waals surface area contributed by atoms with Gasteiger partial charge in [-0.25, -0.2) is 35.8 Å². The molecule has 20 nitrogen and oxygen atoms in total. The fourth-order valence-electron chi connectivity index (χ4n) is 9.48. The maximum absolute atomic E-state index is 13.7. The molecule has 4 fully saturated rings. The minimum Gasteiger partial charge on any atom is -0.392 e. The Labute approximate surface area is 439 Å². The van der Waals surface area contributed by atoms with Crippen molar-refractivity contribution in [2.75, 3.05) is 66.1 Å². The van der Waals surface area contributed by atoms with Crippen LogP contribution in [0.3, 0.4) is 0 Å². The first-order valence-corrected chi connectivity index (χ1v) is 28.9. The molecule has 2 aromatic carbocycles. The Kier molecular flexibility index (Phi) is 16.7. The molecule has 0 saturated carbocycles. The zero-order valence-electron chi connectivity index (χ0n) is 40.8. The van der Waals surface area contributed by atoms with Crippen LogP contribution in [0, 0.1) is 13.8 Å². The van der Waals surface area contributed by atoms with Crippen molar-refractivity contribution in [3.8, 4) is 0 Å². The van der Waals surface area contributed by atoms with Gasteiger partial charge >= 0.3 is 0 Å². The number of anilines is 3. The second kappa shape index (κ2) is 22.6. The van der Waals surface area contributed by atoms with Crippen molar-refractivity contribution in [1.82, 2.24) is 44.3 Å². The number of aromatic nitrogens is 6. The second-order valence-corrected chi connectivity index (χ2v) is 23.6. The first kappa shape index (κ1) is 53.9. The van der Waals surface area contributed by atoms with Crippen LogP contribution < -0.4 is 19.7 Å². The fourth-order valence-corrected chi connectivity index (χ4v) is 11.1. The highest BCUT2D eigenvalue weighted by Crippen LogP contribution is 2.36. The molecule has 10 rings (SSSR count). The van der Waals surface area contributed by atoms with Gasteiger partial charge in [-0.3, -0.25) is 19.0 Å². The zero-order valence-corrected chi connectivity index (χ0v) is 44.7. The molecule has 25 heteroatoms. The molecule has 4 aliphatic heterocycles. The molecule has 0 radical (unpaired) electrons. The third kappa shape index (κ3) is 13.3. The highest BCUT2D eigenvalue weighted by Gasteiger charge is 2.34. The van der Waals surface area contributed by atoms with Crippen LogP contribution >= 0.6 is 34.8 Å². The number of hydrogen-bond donors (Lipinski definition) is 5. The number of halogens is 3. The van der Waals surface area contributed by atoms with Crippen LogP contribution in [-0.2, 0) is 20.0 Å². The van der Waals surface area contributed by atoms with Crippen molar-refractivity contribution < 1.29 is 36.6 Å². The highest BCUT2D eigenvalue weighted by molar-refractivity contribution is 7.92. The average molecular weight is 1100 g/mol. The van der Waals surface area contributed by atoms with E-state index in [1.165, 1.54) is 24.3 Å². The molecule has 392 valence electrons. The number of piperidine rings is 2. The zero-order chi connectivity index (χ0) is 52.4. The molecular formula is C48H59Cl3N12O8S2. The van der Waals surface area contributed by atoms with Gasteiger partial charge in [0.2, 0.25) is 20.0 Å². The number of β-amino-alcohol motifs (C(OH)–C–C–N with tert-alkyl or cyclic N) is 2. The summed E-state index contributed by atoms with van der Waals surface area (Å²) in [6.45, 7) is 7.95. The van der Waals surface area contributed by atoms with Gasteiger partial charge < -0.3 is 30.2 Å². The van der Waals surface area contributed by atoms with E-state index in [1.54, 1.807) is 37.2 Å². The van der Waals surface area contributed by atoms with E-state index in [0.717, 1.165) is 106 Å². The van der Waals surface area contributed by atoms with Gasteiger partial charge in [-0.2, -0.15) is 10.2 Å². The number of hydrogen-bond acceptors (Lipinski definition) is 14. The Bertz CT molecular complexity index is 3210. The summed E-state index contributed by atoms with van der Waals surface area (Å²) in [4.78, 5) is 42.0. The van der Waals surface area contributed by atoms with Gasteiger partial charge in [0.1, 0.15) is 11.0 Å². The monoisotopic (exact) mass is 1100 g/mol. The van der Waals surface area contributed by atoms with Crippen LogP contribution in [0.1, 0.15) is 107 Å². The first-order chi connectivity index (χ1) is 34.6. The van der Waals surface area contributed by atoms with Gasteiger partial charge in [0.25, 0.3) is 11.8 Å². The second-order valence-electron chi connectivity index (χ2n) is 18.9.